The summed E-state index contributed by atoms with van der Waals surface area (Å²) in [4.78, 5) is 47.0. The van der Waals surface area contributed by atoms with Crippen LogP contribution in [0.15, 0.2) is 30.6 Å². The van der Waals surface area contributed by atoms with Gasteiger partial charge in [-0.3, -0.25) is 28.9 Å². The molecule has 0 radical (unpaired) electrons. The Labute approximate surface area is 206 Å². The highest BCUT2D eigenvalue weighted by atomic mass is 16.2. The molecule has 1 saturated heterocycles. The highest BCUT2D eigenvalue weighted by Gasteiger charge is 2.55. The lowest BCUT2D eigenvalue weighted by molar-refractivity contribution is -0.171. The number of hydrogen-bond donors (Lipinski definition) is 1. The first-order valence-electron chi connectivity index (χ1n) is 12.6. The minimum atomic E-state index is -0.861. The molecule has 4 rings (SSSR count). The van der Waals surface area contributed by atoms with Gasteiger partial charge in [-0.2, -0.15) is 5.10 Å². The highest BCUT2D eigenvalue weighted by Crippen LogP contribution is 2.37. The van der Waals surface area contributed by atoms with Crippen LogP contribution in [0.4, 0.5) is 11.6 Å². The number of aromatic nitrogens is 3. The number of carbonyl (C=O) groups excluding carboxylic acids is 3. The number of pyridine rings is 1. The van der Waals surface area contributed by atoms with Crippen molar-refractivity contribution in [3.8, 4) is 0 Å². The third-order valence-electron chi connectivity index (χ3n) is 7.69. The number of rotatable bonds is 8. The van der Waals surface area contributed by atoms with Gasteiger partial charge in [0.15, 0.2) is 5.82 Å². The Bertz CT molecular complexity index is 1080. The molecule has 188 valence electrons. The van der Waals surface area contributed by atoms with Crippen LogP contribution in [-0.4, -0.2) is 50.5 Å². The number of nitrogen functional groups attached to an aromatic ring is 1. The van der Waals surface area contributed by atoms with Gasteiger partial charge in [0.2, 0.25) is 11.8 Å². The van der Waals surface area contributed by atoms with E-state index in [1.807, 2.05) is 0 Å². The maximum Gasteiger partial charge on any atom is 0.252 e. The fourth-order valence-electron chi connectivity index (χ4n) is 5.65. The van der Waals surface area contributed by atoms with Crippen molar-refractivity contribution in [2.24, 2.45) is 24.8 Å². The molecule has 1 aliphatic carbocycles. The van der Waals surface area contributed by atoms with Crippen LogP contribution in [0.1, 0.15) is 57.4 Å². The molecule has 0 bridgehead atoms. The number of nitrogens with zero attached hydrogens (tertiary/aromatic N) is 5. The summed E-state index contributed by atoms with van der Waals surface area (Å²) in [7, 11) is 3.41. The van der Waals surface area contributed by atoms with E-state index in [2.05, 4.69) is 17.0 Å². The predicted molar refractivity (Wildman–Crippen MR) is 133 cm³/mol. The molecule has 1 saturated carbocycles. The summed E-state index contributed by atoms with van der Waals surface area (Å²) in [6.45, 7) is 2.11. The van der Waals surface area contributed by atoms with Crippen molar-refractivity contribution >= 4 is 29.4 Å². The molecular weight excluding hydrogens is 444 g/mol. The maximum atomic E-state index is 13.6. The maximum absolute atomic E-state index is 13.6. The zero-order chi connectivity index (χ0) is 25.1. The molecule has 2 aromatic heterocycles. The number of β-lactam (4-membered cyclic amide) rings is 1. The van der Waals surface area contributed by atoms with Gasteiger partial charge in [-0.05, 0) is 36.0 Å². The van der Waals surface area contributed by atoms with E-state index < -0.39 is 12.0 Å². The average Bonchev–Trinajstić information content (AvgIpc) is 3.29. The molecule has 2 fully saturated rings. The minimum absolute atomic E-state index is 0.235. The number of hydrogen-bond acceptors (Lipinski definition) is 6. The number of aryl methyl sites for hydroxylation is 1. The van der Waals surface area contributed by atoms with E-state index in [4.69, 9.17) is 5.73 Å². The zero-order valence-corrected chi connectivity index (χ0v) is 20.9. The molecule has 1 aliphatic heterocycles. The summed E-state index contributed by atoms with van der Waals surface area (Å²) in [6.07, 6.45) is 10.8. The van der Waals surface area contributed by atoms with Gasteiger partial charge in [0.1, 0.15) is 11.9 Å². The highest BCUT2D eigenvalue weighted by molar-refractivity contribution is 6.12. The number of imide groups is 1. The first-order valence-corrected chi connectivity index (χ1v) is 12.6. The van der Waals surface area contributed by atoms with Gasteiger partial charge < -0.3 is 5.73 Å². The summed E-state index contributed by atoms with van der Waals surface area (Å²) in [5.41, 5.74) is 6.63. The van der Waals surface area contributed by atoms with Crippen molar-refractivity contribution in [1.82, 2.24) is 19.7 Å². The molecule has 3 amide bonds. The largest absolute Gasteiger partial charge is 0.384 e. The van der Waals surface area contributed by atoms with E-state index >= 15 is 0 Å². The summed E-state index contributed by atoms with van der Waals surface area (Å²) in [6, 6.07) is 4.37. The summed E-state index contributed by atoms with van der Waals surface area (Å²) < 4.78 is 1.61. The van der Waals surface area contributed by atoms with E-state index in [0.29, 0.717) is 30.4 Å². The fourth-order valence-corrected chi connectivity index (χ4v) is 5.65. The van der Waals surface area contributed by atoms with Crippen LogP contribution in [-0.2, 0) is 27.9 Å². The lowest BCUT2D eigenvalue weighted by atomic mass is 9.76. The Morgan fingerprint density at radius 3 is 2.60 bits per heavy atom. The second-order valence-electron chi connectivity index (χ2n) is 9.96. The molecule has 0 spiro atoms. The van der Waals surface area contributed by atoms with E-state index in [9.17, 15) is 14.4 Å². The van der Waals surface area contributed by atoms with Crippen molar-refractivity contribution in [2.75, 3.05) is 17.7 Å². The number of nitrogens with two attached hydrogens (primary N) is 1. The smallest absolute Gasteiger partial charge is 0.252 e. The lowest BCUT2D eigenvalue weighted by Crippen LogP contribution is -2.69. The number of likely N-dealkylation sites (N-methyl/N-ethyl adjacent to an activating group) is 1. The van der Waals surface area contributed by atoms with E-state index in [1.54, 1.807) is 49.4 Å². The molecule has 2 N–H and O–H groups in total. The first-order chi connectivity index (χ1) is 16.8. The molecule has 0 aromatic carbocycles. The van der Waals surface area contributed by atoms with Gasteiger partial charge in [-0.1, -0.05) is 45.4 Å². The van der Waals surface area contributed by atoms with Gasteiger partial charge >= 0.3 is 0 Å². The molecule has 9 nitrogen and oxygen atoms in total. The molecular formula is C26H36N6O3. The van der Waals surface area contributed by atoms with E-state index in [0.717, 1.165) is 24.8 Å². The summed E-state index contributed by atoms with van der Waals surface area (Å²) >= 11 is 0. The topological polar surface area (TPSA) is 114 Å². The number of amides is 3. The Hall–Kier alpha value is -3.23. The number of anilines is 2. The third kappa shape index (κ3) is 5.23. The quantitative estimate of drug-likeness (QED) is 0.581. The second kappa shape index (κ2) is 10.6. The zero-order valence-electron chi connectivity index (χ0n) is 20.9. The summed E-state index contributed by atoms with van der Waals surface area (Å²) in [5, 5.41) is 4.31. The van der Waals surface area contributed by atoms with Crippen LogP contribution >= 0.6 is 0 Å². The number of carbonyl (C=O) groups is 3. The van der Waals surface area contributed by atoms with Gasteiger partial charge in [-0.15, -0.1) is 0 Å². The first kappa shape index (κ1) is 24.9. The average molecular weight is 481 g/mol. The molecule has 35 heavy (non-hydrogen) atoms. The molecule has 2 aliphatic rings. The Morgan fingerprint density at radius 2 is 1.97 bits per heavy atom. The van der Waals surface area contributed by atoms with Crippen LogP contribution in [0.25, 0.3) is 0 Å². The van der Waals surface area contributed by atoms with Gasteiger partial charge in [0, 0.05) is 39.0 Å². The van der Waals surface area contributed by atoms with Crippen molar-refractivity contribution in [2.45, 2.75) is 64.3 Å². The normalized spacial score (nSPS) is 21.5. The van der Waals surface area contributed by atoms with Gasteiger partial charge in [0.05, 0.1) is 5.92 Å². The lowest BCUT2D eigenvalue weighted by Gasteiger charge is -2.46. The van der Waals surface area contributed by atoms with Gasteiger partial charge in [0.25, 0.3) is 5.91 Å². The van der Waals surface area contributed by atoms with Gasteiger partial charge in [-0.25, -0.2) is 4.98 Å². The van der Waals surface area contributed by atoms with Crippen LogP contribution in [0.2, 0.25) is 0 Å². The van der Waals surface area contributed by atoms with E-state index in [1.165, 1.54) is 29.1 Å². The molecule has 9 heteroatoms. The standard InChI is InChI=1S/C26H36N6O3/c1-4-18(19-8-6-5-7-9-19)16-23(33)32-24(26(35)31(3)22-11-13-30(2)29-22)20(25(32)34)14-17-10-12-28-21(27)15-17/h10-13,15,18-20,24H,4-9,14,16H2,1-3H3,(H2,27,28)/t18-,20+,24-/m0/s1. The van der Waals surface area contributed by atoms with Crippen molar-refractivity contribution < 1.29 is 14.4 Å². The van der Waals surface area contributed by atoms with Crippen molar-refractivity contribution in [3.63, 3.8) is 0 Å². The summed E-state index contributed by atoms with van der Waals surface area (Å²) in [5.74, 6) is 0.0959. The predicted octanol–water partition coefficient (Wildman–Crippen LogP) is 2.95. The minimum Gasteiger partial charge on any atom is -0.384 e. The van der Waals surface area contributed by atoms with Crippen LogP contribution in [0.5, 0.6) is 0 Å². The van der Waals surface area contributed by atoms with Crippen molar-refractivity contribution in [1.29, 1.82) is 0 Å². The van der Waals surface area contributed by atoms with Crippen molar-refractivity contribution in [3.05, 3.63) is 36.2 Å². The van der Waals surface area contributed by atoms with Crippen LogP contribution in [0.3, 0.4) is 0 Å². The molecule has 2 aromatic rings. The Balaban J connectivity index is 1.56. The Morgan fingerprint density at radius 1 is 1.23 bits per heavy atom. The Kier molecular flexibility index (Phi) is 7.52. The third-order valence-corrected chi connectivity index (χ3v) is 7.69. The second-order valence-corrected chi connectivity index (χ2v) is 9.96. The number of likely N-dealkylation sites (tertiary alicyclic amines) is 1. The molecule has 3 heterocycles. The fraction of sp³-hybridized carbons (Fsp3) is 0.577. The monoisotopic (exact) mass is 480 g/mol. The van der Waals surface area contributed by atoms with Crippen LogP contribution < -0.4 is 10.6 Å². The SMILES string of the molecule is CC[C@@H](CC(=O)N1C(=O)[C@H](Cc2ccnc(N)c2)[C@H]1C(=O)N(C)c1ccn(C)n1)C1CCCCC1. The molecule has 0 unspecified atom stereocenters. The molecule has 3 atom stereocenters. The van der Waals surface area contributed by atoms with E-state index in [-0.39, 0.29) is 23.6 Å². The van der Waals surface area contributed by atoms with Crippen LogP contribution in [0, 0.1) is 17.8 Å².